The minimum Gasteiger partial charge on any atom is -0.489 e. The molecule has 0 heterocycles. The van der Waals surface area contributed by atoms with Gasteiger partial charge in [-0.15, -0.1) is 0 Å². The van der Waals surface area contributed by atoms with Gasteiger partial charge < -0.3 is 10.5 Å². The smallest absolute Gasteiger partial charge is 0.124 e. The van der Waals surface area contributed by atoms with Crippen LogP contribution in [0.4, 0.5) is 5.69 Å². The maximum absolute atomic E-state index is 5.98. The highest BCUT2D eigenvalue weighted by Gasteiger charge is 2.06. The lowest BCUT2D eigenvalue weighted by molar-refractivity contribution is 0.303. The average molecular weight is 327 g/mol. The average Bonchev–Trinajstić information content (AvgIpc) is 2.34. The van der Waals surface area contributed by atoms with Crippen molar-refractivity contribution in [2.45, 2.75) is 13.5 Å². The summed E-state index contributed by atoms with van der Waals surface area (Å²) in [6, 6.07) is 11.5. The topological polar surface area (TPSA) is 35.2 Å². The quantitative estimate of drug-likeness (QED) is 0.838. The fourth-order valence-corrected chi connectivity index (χ4v) is 2.16. The SMILES string of the molecule is Cc1cc(N)c(Cl)cc1OCc1ccccc1Br. The number of hydrogen-bond donors (Lipinski definition) is 1. The van der Waals surface area contributed by atoms with Crippen molar-refractivity contribution in [3.8, 4) is 5.75 Å². The minimum absolute atomic E-state index is 0.489. The second-order valence-electron chi connectivity index (χ2n) is 4.02. The van der Waals surface area contributed by atoms with Gasteiger partial charge in [-0.2, -0.15) is 0 Å². The first-order valence-corrected chi connectivity index (χ1v) is 6.67. The van der Waals surface area contributed by atoms with Crippen molar-refractivity contribution in [3.05, 3.63) is 57.0 Å². The number of nitrogens with two attached hydrogens (primary N) is 1. The third-order valence-corrected chi connectivity index (χ3v) is 3.74. The van der Waals surface area contributed by atoms with E-state index in [0.29, 0.717) is 17.3 Å². The summed E-state index contributed by atoms with van der Waals surface area (Å²) in [7, 11) is 0. The summed E-state index contributed by atoms with van der Waals surface area (Å²) in [5.41, 5.74) is 8.36. The Morgan fingerprint density at radius 2 is 2.00 bits per heavy atom. The molecule has 0 fully saturated rings. The van der Waals surface area contributed by atoms with E-state index in [0.717, 1.165) is 21.3 Å². The molecule has 2 aromatic rings. The molecule has 94 valence electrons. The van der Waals surface area contributed by atoms with Crippen LogP contribution in [0.3, 0.4) is 0 Å². The van der Waals surface area contributed by atoms with Crippen molar-refractivity contribution in [1.29, 1.82) is 0 Å². The number of nitrogen functional groups attached to an aromatic ring is 1. The van der Waals surface area contributed by atoms with Crippen LogP contribution in [0.1, 0.15) is 11.1 Å². The molecule has 0 aromatic heterocycles. The summed E-state index contributed by atoms with van der Waals surface area (Å²) in [5.74, 6) is 0.755. The first kappa shape index (κ1) is 13.2. The number of hydrogen-bond acceptors (Lipinski definition) is 2. The van der Waals surface area contributed by atoms with E-state index in [1.165, 1.54) is 0 Å². The summed E-state index contributed by atoms with van der Waals surface area (Å²) in [6.45, 7) is 2.44. The fraction of sp³-hybridized carbons (Fsp3) is 0.143. The van der Waals surface area contributed by atoms with Gasteiger partial charge in [-0.25, -0.2) is 0 Å². The standard InChI is InChI=1S/C14H13BrClNO/c1-9-6-13(17)12(16)7-14(9)18-8-10-4-2-3-5-11(10)15/h2-7H,8,17H2,1H3. The largest absolute Gasteiger partial charge is 0.489 e. The first-order valence-electron chi connectivity index (χ1n) is 5.50. The first-order chi connectivity index (χ1) is 8.58. The Morgan fingerprint density at radius 1 is 1.28 bits per heavy atom. The number of rotatable bonds is 3. The Bertz CT molecular complexity index is 572. The summed E-state index contributed by atoms with van der Waals surface area (Å²) < 4.78 is 6.80. The summed E-state index contributed by atoms with van der Waals surface area (Å²) in [5, 5.41) is 0.516. The number of benzene rings is 2. The zero-order valence-electron chi connectivity index (χ0n) is 9.91. The number of anilines is 1. The van der Waals surface area contributed by atoms with Gasteiger partial charge in [0.05, 0.1) is 10.7 Å². The Hall–Kier alpha value is -1.19. The molecule has 18 heavy (non-hydrogen) atoms. The van der Waals surface area contributed by atoms with Crippen LogP contribution in [0.15, 0.2) is 40.9 Å². The second kappa shape index (κ2) is 5.63. The van der Waals surface area contributed by atoms with Crippen molar-refractivity contribution in [1.82, 2.24) is 0 Å². The van der Waals surface area contributed by atoms with Crippen LogP contribution in [-0.4, -0.2) is 0 Å². The molecule has 0 atom stereocenters. The van der Waals surface area contributed by atoms with E-state index in [2.05, 4.69) is 15.9 Å². The molecule has 0 amide bonds. The zero-order valence-corrected chi connectivity index (χ0v) is 12.3. The van der Waals surface area contributed by atoms with Crippen LogP contribution in [-0.2, 0) is 6.61 Å². The van der Waals surface area contributed by atoms with Gasteiger partial charge >= 0.3 is 0 Å². The molecule has 0 saturated carbocycles. The molecule has 0 bridgehead atoms. The maximum atomic E-state index is 5.98. The van der Waals surface area contributed by atoms with Crippen LogP contribution >= 0.6 is 27.5 Å². The zero-order chi connectivity index (χ0) is 13.1. The molecule has 0 radical (unpaired) electrons. The molecule has 0 aliphatic heterocycles. The highest BCUT2D eigenvalue weighted by Crippen LogP contribution is 2.29. The maximum Gasteiger partial charge on any atom is 0.124 e. The van der Waals surface area contributed by atoms with E-state index in [1.54, 1.807) is 6.07 Å². The lowest BCUT2D eigenvalue weighted by atomic mass is 10.2. The lowest BCUT2D eigenvalue weighted by Crippen LogP contribution is -1.99. The molecule has 2 aromatic carbocycles. The number of halogens is 2. The molecule has 4 heteroatoms. The van der Waals surface area contributed by atoms with Crippen LogP contribution in [0, 0.1) is 6.92 Å². The highest BCUT2D eigenvalue weighted by atomic mass is 79.9. The Balaban J connectivity index is 2.16. The molecule has 0 unspecified atom stereocenters. The third kappa shape index (κ3) is 2.98. The van der Waals surface area contributed by atoms with E-state index >= 15 is 0 Å². The number of ether oxygens (including phenoxy) is 1. The van der Waals surface area contributed by atoms with Crippen LogP contribution in [0.5, 0.6) is 5.75 Å². The van der Waals surface area contributed by atoms with E-state index in [4.69, 9.17) is 22.1 Å². The van der Waals surface area contributed by atoms with Crippen molar-refractivity contribution >= 4 is 33.2 Å². The van der Waals surface area contributed by atoms with E-state index in [9.17, 15) is 0 Å². The van der Waals surface area contributed by atoms with Gasteiger partial charge in [-0.3, -0.25) is 0 Å². The molecule has 2 nitrogen and oxygen atoms in total. The van der Waals surface area contributed by atoms with Gasteiger partial charge in [0.1, 0.15) is 12.4 Å². The fourth-order valence-electron chi connectivity index (χ4n) is 1.61. The molecule has 2 N–H and O–H groups in total. The minimum atomic E-state index is 0.489. The molecule has 0 aliphatic rings. The van der Waals surface area contributed by atoms with Crippen LogP contribution in [0.25, 0.3) is 0 Å². The van der Waals surface area contributed by atoms with Crippen molar-refractivity contribution in [3.63, 3.8) is 0 Å². The molecular weight excluding hydrogens is 314 g/mol. The molecule has 0 aliphatic carbocycles. The molecule has 0 saturated heterocycles. The highest BCUT2D eigenvalue weighted by molar-refractivity contribution is 9.10. The monoisotopic (exact) mass is 325 g/mol. The predicted octanol–water partition coefficient (Wildman–Crippen LogP) is 4.57. The number of aryl methyl sites for hydroxylation is 1. The van der Waals surface area contributed by atoms with Crippen molar-refractivity contribution in [2.24, 2.45) is 0 Å². The predicted molar refractivity (Wildman–Crippen MR) is 79.1 cm³/mol. The molecule has 0 spiro atoms. The third-order valence-electron chi connectivity index (χ3n) is 2.64. The Kier molecular flexibility index (Phi) is 4.15. The second-order valence-corrected chi connectivity index (χ2v) is 5.28. The Labute approximate surface area is 120 Å². The summed E-state index contributed by atoms with van der Waals surface area (Å²) >= 11 is 9.47. The Morgan fingerprint density at radius 3 is 2.72 bits per heavy atom. The van der Waals surface area contributed by atoms with E-state index in [1.807, 2.05) is 37.3 Å². The molecule has 2 rings (SSSR count). The summed E-state index contributed by atoms with van der Waals surface area (Å²) in [4.78, 5) is 0. The van der Waals surface area contributed by atoms with E-state index < -0.39 is 0 Å². The van der Waals surface area contributed by atoms with Crippen molar-refractivity contribution < 1.29 is 4.74 Å². The van der Waals surface area contributed by atoms with Crippen molar-refractivity contribution in [2.75, 3.05) is 5.73 Å². The lowest BCUT2D eigenvalue weighted by Gasteiger charge is -2.11. The molecular formula is C14H13BrClNO. The van der Waals surface area contributed by atoms with E-state index in [-0.39, 0.29) is 0 Å². The van der Waals surface area contributed by atoms with Gasteiger partial charge in [0.25, 0.3) is 0 Å². The van der Waals surface area contributed by atoms with Gasteiger partial charge in [0, 0.05) is 16.1 Å². The van der Waals surface area contributed by atoms with Gasteiger partial charge in [0.2, 0.25) is 0 Å². The van der Waals surface area contributed by atoms with Gasteiger partial charge in [-0.05, 0) is 24.6 Å². The van der Waals surface area contributed by atoms with Gasteiger partial charge in [-0.1, -0.05) is 45.7 Å². The summed E-state index contributed by atoms with van der Waals surface area (Å²) in [6.07, 6.45) is 0. The van der Waals surface area contributed by atoms with Crippen LogP contribution < -0.4 is 10.5 Å². The van der Waals surface area contributed by atoms with Gasteiger partial charge in [0.15, 0.2) is 0 Å². The van der Waals surface area contributed by atoms with Crippen LogP contribution in [0.2, 0.25) is 5.02 Å². The normalized spacial score (nSPS) is 10.4.